The normalized spacial score (nSPS) is 27.4. The van der Waals surface area contributed by atoms with E-state index in [1.165, 1.54) is 56.2 Å². The molecule has 2 unspecified atom stereocenters. The first-order valence-electron chi connectivity index (χ1n) is 8.15. The fourth-order valence-corrected chi connectivity index (χ4v) is 3.65. The molecule has 0 spiro atoms. The van der Waals surface area contributed by atoms with Gasteiger partial charge in [0.1, 0.15) is 0 Å². The van der Waals surface area contributed by atoms with Crippen LogP contribution in [-0.4, -0.2) is 12.6 Å². The van der Waals surface area contributed by atoms with Crippen molar-refractivity contribution in [2.75, 3.05) is 6.54 Å². The highest BCUT2D eigenvalue weighted by atomic mass is 14.9. The zero-order valence-corrected chi connectivity index (χ0v) is 12.3. The van der Waals surface area contributed by atoms with Crippen molar-refractivity contribution in [2.24, 2.45) is 5.92 Å². The molecule has 2 aliphatic heterocycles. The molecule has 2 heterocycles. The third-order valence-corrected chi connectivity index (χ3v) is 4.80. The van der Waals surface area contributed by atoms with Gasteiger partial charge >= 0.3 is 0 Å². The molecule has 1 aromatic carbocycles. The molecular formula is C18H26N2. The minimum absolute atomic E-state index is 0.905. The maximum Gasteiger partial charge on any atom is 0.0401 e. The zero-order valence-electron chi connectivity index (χ0n) is 12.3. The molecule has 2 fully saturated rings. The van der Waals surface area contributed by atoms with E-state index in [2.05, 4.69) is 41.0 Å². The molecule has 3 aliphatic rings. The third kappa shape index (κ3) is 3.43. The summed E-state index contributed by atoms with van der Waals surface area (Å²) in [4.78, 5) is 0. The van der Waals surface area contributed by atoms with Crippen LogP contribution in [0.25, 0.3) is 6.08 Å². The highest BCUT2D eigenvalue weighted by Crippen LogP contribution is 2.30. The van der Waals surface area contributed by atoms with Crippen LogP contribution < -0.4 is 10.6 Å². The number of piperidine rings is 1. The molecule has 1 aliphatic carbocycles. The summed E-state index contributed by atoms with van der Waals surface area (Å²) >= 11 is 0. The summed E-state index contributed by atoms with van der Waals surface area (Å²) in [6.07, 6.45) is 12.9. The van der Waals surface area contributed by atoms with Crippen LogP contribution in [0.4, 0.5) is 0 Å². The van der Waals surface area contributed by atoms with Gasteiger partial charge in [0.05, 0.1) is 0 Å². The molecule has 0 bridgehead atoms. The van der Waals surface area contributed by atoms with Gasteiger partial charge in [-0.15, -0.1) is 0 Å². The van der Waals surface area contributed by atoms with Gasteiger partial charge in [-0.1, -0.05) is 37.1 Å². The quantitative estimate of drug-likeness (QED) is 0.751. The van der Waals surface area contributed by atoms with Gasteiger partial charge in [0.2, 0.25) is 0 Å². The molecule has 20 heavy (non-hydrogen) atoms. The summed E-state index contributed by atoms with van der Waals surface area (Å²) in [5.74, 6) is 1.04. The van der Waals surface area contributed by atoms with Crippen LogP contribution in [0.3, 0.4) is 0 Å². The van der Waals surface area contributed by atoms with E-state index in [1.54, 1.807) is 0 Å². The summed E-state index contributed by atoms with van der Waals surface area (Å²) in [5.41, 5.74) is 2.71. The minimum atomic E-state index is 0.905. The lowest BCUT2D eigenvalue weighted by Gasteiger charge is -2.36. The molecule has 4 rings (SSSR count). The van der Waals surface area contributed by atoms with Crippen LogP contribution >= 0.6 is 0 Å². The number of fused-ring (bicyclic) bond motifs is 2. The number of nitrogens with one attached hydrogen (secondary N) is 2. The number of hydrogen-bond donors (Lipinski definition) is 2. The molecule has 0 amide bonds. The number of hydrogen-bond acceptors (Lipinski definition) is 2. The van der Waals surface area contributed by atoms with Crippen LogP contribution in [0.2, 0.25) is 0 Å². The Morgan fingerprint density at radius 2 is 1.80 bits per heavy atom. The standard InChI is InChI=1S/C9H17N.C9H9N/c1-2-6-9-8(4-1)5-3-7-10-9;1-2-4-9-7-10-6-5-8(9)3-1/h8-10H,1-7H2;1-6,10H,7H2. The van der Waals surface area contributed by atoms with Gasteiger partial charge in [-0.25, -0.2) is 0 Å². The van der Waals surface area contributed by atoms with Crippen molar-refractivity contribution in [1.29, 1.82) is 0 Å². The molecule has 1 aromatic rings. The van der Waals surface area contributed by atoms with Gasteiger partial charge in [-0.3, -0.25) is 0 Å². The van der Waals surface area contributed by atoms with E-state index in [-0.39, 0.29) is 0 Å². The first-order valence-corrected chi connectivity index (χ1v) is 8.15. The topological polar surface area (TPSA) is 24.1 Å². The Bertz CT molecular complexity index is 426. The Morgan fingerprint density at radius 3 is 2.70 bits per heavy atom. The van der Waals surface area contributed by atoms with Gasteiger partial charge in [0, 0.05) is 12.6 Å². The Hall–Kier alpha value is -1.28. The molecule has 0 radical (unpaired) electrons. The second-order valence-corrected chi connectivity index (χ2v) is 6.16. The number of rotatable bonds is 0. The molecule has 2 N–H and O–H groups in total. The molecule has 2 atom stereocenters. The fraction of sp³-hybridized carbons (Fsp3) is 0.556. The molecule has 2 nitrogen and oxygen atoms in total. The lowest BCUT2D eigenvalue weighted by Crippen LogP contribution is -2.42. The molecule has 0 aromatic heterocycles. The van der Waals surface area contributed by atoms with Crippen molar-refractivity contribution in [3.8, 4) is 0 Å². The lowest BCUT2D eigenvalue weighted by molar-refractivity contribution is 0.212. The average molecular weight is 270 g/mol. The van der Waals surface area contributed by atoms with E-state index in [0.717, 1.165) is 18.5 Å². The van der Waals surface area contributed by atoms with Crippen LogP contribution in [0, 0.1) is 5.92 Å². The van der Waals surface area contributed by atoms with Crippen molar-refractivity contribution in [3.05, 3.63) is 41.6 Å². The first-order chi connectivity index (χ1) is 9.93. The minimum Gasteiger partial charge on any atom is -0.387 e. The Morgan fingerprint density at radius 1 is 0.950 bits per heavy atom. The van der Waals surface area contributed by atoms with Gasteiger partial charge in [0.25, 0.3) is 0 Å². The molecule has 108 valence electrons. The van der Waals surface area contributed by atoms with Crippen LogP contribution in [-0.2, 0) is 6.54 Å². The Balaban J connectivity index is 0.000000121. The van der Waals surface area contributed by atoms with Gasteiger partial charge < -0.3 is 10.6 Å². The second-order valence-electron chi connectivity index (χ2n) is 6.16. The summed E-state index contributed by atoms with van der Waals surface area (Å²) in [6, 6.07) is 9.31. The van der Waals surface area contributed by atoms with Crippen molar-refractivity contribution >= 4 is 6.08 Å². The SMILES string of the molecule is C1=Cc2ccccc2CN1.C1CCC2NCCCC2C1. The molecule has 1 saturated heterocycles. The van der Waals surface area contributed by atoms with E-state index in [0.29, 0.717) is 0 Å². The maximum atomic E-state index is 3.62. The Labute approximate surface area is 122 Å². The Kier molecular flexibility index (Phi) is 4.75. The highest BCUT2D eigenvalue weighted by molar-refractivity contribution is 5.55. The van der Waals surface area contributed by atoms with E-state index < -0.39 is 0 Å². The average Bonchev–Trinajstić information content (AvgIpc) is 2.56. The lowest BCUT2D eigenvalue weighted by atomic mass is 9.80. The third-order valence-electron chi connectivity index (χ3n) is 4.80. The predicted octanol–water partition coefficient (Wildman–Crippen LogP) is 3.69. The smallest absolute Gasteiger partial charge is 0.0401 e. The van der Waals surface area contributed by atoms with E-state index >= 15 is 0 Å². The summed E-state index contributed by atoms with van der Waals surface area (Å²) in [7, 11) is 0. The molecule has 2 heteroatoms. The zero-order chi connectivity index (χ0) is 13.6. The monoisotopic (exact) mass is 270 g/mol. The highest BCUT2D eigenvalue weighted by Gasteiger charge is 2.26. The maximum absolute atomic E-state index is 3.62. The second kappa shape index (κ2) is 6.94. The van der Waals surface area contributed by atoms with Crippen LogP contribution in [0.5, 0.6) is 0 Å². The summed E-state index contributed by atoms with van der Waals surface area (Å²) in [6.45, 7) is 2.24. The van der Waals surface area contributed by atoms with Crippen molar-refractivity contribution in [3.63, 3.8) is 0 Å². The van der Waals surface area contributed by atoms with Crippen LogP contribution in [0.15, 0.2) is 30.5 Å². The van der Waals surface area contributed by atoms with Crippen LogP contribution in [0.1, 0.15) is 49.7 Å². The van der Waals surface area contributed by atoms with Crippen molar-refractivity contribution in [1.82, 2.24) is 10.6 Å². The van der Waals surface area contributed by atoms with Gasteiger partial charge in [0.15, 0.2) is 0 Å². The summed E-state index contributed by atoms with van der Waals surface area (Å²) < 4.78 is 0. The predicted molar refractivity (Wildman–Crippen MR) is 85.3 cm³/mol. The van der Waals surface area contributed by atoms with E-state index in [9.17, 15) is 0 Å². The van der Waals surface area contributed by atoms with E-state index in [1.807, 2.05) is 6.20 Å². The summed E-state index contributed by atoms with van der Waals surface area (Å²) in [5, 5.41) is 6.78. The van der Waals surface area contributed by atoms with Gasteiger partial charge in [-0.2, -0.15) is 0 Å². The van der Waals surface area contributed by atoms with E-state index in [4.69, 9.17) is 0 Å². The number of benzene rings is 1. The fourth-order valence-electron chi connectivity index (χ4n) is 3.65. The van der Waals surface area contributed by atoms with Crippen molar-refractivity contribution < 1.29 is 0 Å². The molecular weight excluding hydrogens is 244 g/mol. The van der Waals surface area contributed by atoms with Gasteiger partial charge in [-0.05, 0) is 61.5 Å². The van der Waals surface area contributed by atoms with Crippen molar-refractivity contribution in [2.45, 2.75) is 51.1 Å². The molecule has 1 saturated carbocycles. The first kappa shape index (κ1) is 13.7. The largest absolute Gasteiger partial charge is 0.387 e.